The molecule has 4 aromatic rings. The summed E-state index contributed by atoms with van der Waals surface area (Å²) in [5, 5.41) is 3.62. The third-order valence-corrected chi connectivity index (χ3v) is 7.57. The lowest BCUT2D eigenvalue weighted by atomic mass is 10.1. The lowest BCUT2D eigenvalue weighted by Gasteiger charge is -2.28. The largest absolute Gasteiger partial charge is 0.494 e. The first-order valence-electron chi connectivity index (χ1n) is 14.8. The number of hydrogen-bond acceptors (Lipinski definition) is 7. The van der Waals surface area contributed by atoms with Crippen LogP contribution < -0.4 is 25.0 Å². The molecule has 0 bridgehead atoms. The summed E-state index contributed by atoms with van der Waals surface area (Å²) in [5.74, 6) is 1.85. The van der Waals surface area contributed by atoms with Gasteiger partial charge in [-0.3, -0.25) is 9.59 Å². The van der Waals surface area contributed by atoms with E-state index in [4.69, 9.17) is 30.2 Å². The number of halogens is 1. The van der Waals surface area contributed by atoms with Crippen molar-refractivity contribution in [2.75, 3.05) is 31.8 Å². The molecule has 5 rings (SSSR count). The fourth-order valence-corrected chi connectivity index (χ4v) is 5.06. The number of benzene rings is 3. The first-order chi connectivity index (χ1) is 21.7. The molecule has 0 saturated carbocycles. The minimum Gasteiger partial charge on any atom is -0.494 e. The lowest BCUT2D eigenvalue weighted by Crippen LogP contribution is -2.45. The highest BCUT2D eigenvalue weighted by atomic mass is 35.5. The van der Waals surface area contributed by atoms with Crippen LogP contribution in [0.2, 0.25) is 5.02 Å². The van der Waals surface area contributed by atoms with Crippen LogP contribution in [0.3, 0.4) is 0 Å². The van der Waals surface area contributed by atoms with Gasteiger partial charge in [-0.25, -0.2) is 4.79 Å². The Morgan fingerprint density at radius 1 is 0.978 bits per heavy atom. The summed E-state index contributed by atoms with van der Waals surface area (Å²) >= 11 is 6.15. The van der Waals surface area contributed by atoms with E-state index in [-0.39, 0.29) is 43.3 Å². The number of carbonyl (C=O) groups is 2. The molecule has 0 unspecified atom stereocenters. The van der Waals surface area contributed by atoms with Crippen molar-refractivity contribution < 1.29 is 28.2 Å². The molecule has 10 nitrogen and oxygen atoms in total. The van der Waals surface area contributed by atoms with E-state index in [0.717, 1.165) is 5.56 Å². The van der Waals surface area contributed by atoms with Gasteiger partial charge in [-0.05, 0) is 79.4 Å². The average molecular weight is 634 g/mol. The smallest absolute Gasteiger partial charge is 0.322 e. The number of hydrogen-bond donors (Lipinski definition) is 1. The number of urea groups is 1. The Labute approximate surface area is 266 Å². The number of anilines is 1. The zero-order chi connectivity index (χ0) is 31.9. The van der Waals surface area contributed by atoms with Gasteiger partial charge in [-0.1, -0.05) is 31.5 Å². The van der Waals surface area contributed by atoms with Crippen LogP contribution in [0, 0.1) is 5.92 Å². The molecule has 0 fully saturated rings. The molecule has 11 heteroatoms. The maximum absolute atomic E-state index is 14.0. The summed E-state index contributed by atoms with van der Waals surface area (Å²) in [6.45, 7) is 6.94. The van der Waals surface area contributed by atoms with Gasteiger partial charge in [-0.15, -0.1) is 0 Å². The van der Waals surface area contributed by atoms with Gasteiger partial charge in [0, 0.05) is 23.8 Å². The Bertz CT molecular complexity index is 1720. The van der Waals surface area contributed by atoms with Crippen LogP contribution in [0.5, 0.6) is 17.2 Å². The number of amides is 3. The molecule has 3 aromatic carbocycles. The molecule has 0 spiro atoms. The van der Waals surface area contributed by atoms with E-state index in [1.165, 1.54) is 16.1 Å². The predicted octanol–water partition coefficient (Wildman–Crippen LogP) is 6.68. The summed E-state index contributed by atoms with van der Waals surface area (Å²) in [6.07, 6.45) is 2.06. The fraction of sp³-hybridized carbons (Fsp3) is 0.324. The van der Waals surface area contributed by atoms with Crippen LogP contribution in [0.25, 0.3) is 11.0 Å². The number of rotatable bonds is 12. The lowest BCUT2D eigenvalue weighted by molar-refractivity contribution is -0.133. The number of nitrogens with zero attached hydrogens (tertiary/aromatic N) is 2. The van der Waals surface area contributed by atoms with Crippen LogP contribution >= 0.6 is 11.6 Å². The highest BCUT2D eigenvalue weighted by Crippen LogP contribution is 2.33. The van der Waals surface area contributed by atoms with Crippen molar-refractivity contribution in [1.29, 1.82) is 0 Å². The first-order valence-corrected chi connectivity index (χ1v) is 15.2. The van der Waals surface area contributed by atoms with Gasteiger partial charge in [-0.2, -0.15) is 0 Å². The fourth-order valence-electron chi connectivity index (χ4n) is 4.88. The molecular weight excluding hydrogens is 598 g/mol. The van der Waals surface area contributed by atoms with E-state index >= 15 is 0 Å². The molecule has 3 amide bonds. The Morgan fingerprint density at radius 3 is 2.51 bits per heavy atom. The van der Waals surface area contributed by atoms with Gasteiger partial charge in [0.25, 0.3) is 0 Å². The van der Waals surface area contributed by atoms with E-state index < -0.39 is 6.03 Å². The number of carbonyl (C=O) groups excluding carboxylic acids is 2. The van der Waals surface area contributed by atoms with Crippen LogP contribution in [-0.2, 0) is 17.9 Å². The summed E-state index contributed by atoms with van der Waals surface area (Å²) in [5.41, 5.74) is 1.75. The quantitative estimate of drug-likeness (QED) is 0.185. The van der Waals surface area contributed by atoms with Gasteiger partial charge in [0.2, 0.25) is 12.7 Å². The molecular formula is C34H36ClN3O7. The number of ether oxygens (including phenoxy) is 3. The van der Waals surface area contributed by atoms with Crippen LogP contribution in [0.4, 0.5) is 10.5 Å². The van der Waals surface area contributed by atoms with E-state index in [1.807, 2.05) is 13.0 Å². The van der Waals surface area contributed by atoms with Crippen molar-refractivity contribution >= 4 is 40.2 Å². The second-order valence-corrected chi connectivity index (χ2v) is 11.6. The van der Waals surface area contributed by atoms with E-state index in [9.17, 15) is 14.4 Å². The second-order valence-electron chi connectivity index (χ2n) is 11.2. The maximum atomic E-state index is 14.0. The Morgan fingerprint density at radius 2 is 1.76 bits per heavy atom. The van der Waals surface area contributed by atoms with Crippen molar-refractivity contribution in [2.45, 2.75) is 40.3 Å². The summed E-state index contributed by atoms with van der Waals surface area (Å²) in [6, 6.07) is 16.9. The van der Waals surface area contributed by atoms with Crippen LogP contribution in [0.1, 0.15) is 38.3 Å². The van der Waals surface area contributed by atoms with Gasteiger partial charge < -0.3 is 33.7 Å². The minimum absolute atomic E-state index is 0.0450. The van der Waals surface area contributed by atoms with Gasteiger partial charge >= 0.3 is 6.03 Å². The summed E-state index contributed by atoms with van der Waals surface area (Å²) in [4.78, 5) is 44.0. The SMILES string of the molecule is CCOc1ccc(NC(=O)N(CCC(C)C)CC(=O)N(Cc2ccc3c(c2)OCO3)Cc2coc3ccc(Cl)cc3c2=O)cc1. The molecule has 0 radical (unpaired) electrons. The van der Waals surface area contributed by atoms with Gasteiger partial charge in [0.15, 0.2) is 16.9 Å². The Balaban J connectivity index is 1.40. The zero-order valence-electron chi connectivity index (χ0n) is 25.5. The standard InChI is InChI=1S/C34H36ClN3O7/c1-4-42-27-9-7-26(8-10-27)36-34(41)37(14-13-22(2)3)19-32(39)38(17-23-5-11-30-31(15-23)45-21-44-30)18-24-20-43-29-12-6-25(35)16-28(29)33(24)40/h5-12,15-16,20,22H,4,13-14,17-19,21H2,1-3H3,(H,36,41). The van der Waals surface area contributed by atoms with Crippen LogP contribution in [0.15, 0.2) is 76.1 Å². The average Bonchev–Trinajstić information content (AvgIpc) is 3.49. The maximum Gasteiger partial charge on any atom is 0.322 e. The molecule has 0 atom stereocenters. The predicted molar refractivity (Wildman–Crippen MR) is 172 cm³/mol. The monoisotopic (exact) mass is 633 g/mol. The molecule has 1 aliphatic rings. The van der Waals surface area contributed by atoms with Crippen LogP contribution in [-0.4, -0.2) is 48.2 Å². The van der Waals surface area contributed by atoms with Crippen molar-refractivity contribution in [1.82, 2.24) is 9.80 Å². The molecule has 236 valence electrons. The van der Waals surface area contributed by atoms with E-state index in [1.54, 1.807) is 54.6 Å². The zero-order valence-corrected chi connectivity index (χ0v) is 26.3. The summed E-state index contributed by atoms with van der Waals surface area (Å²) < 4.78 is 22.2. The third kappa shape index (κ3) is 8.07. The van der Waals surface area contributed by atoms with Crippen molar-refractivity contribution in [3.8, 4) is 17.2 Å². The van der Waals surface area contributed by atoms with Crippen molar-refractivity contribution in [3.63, 3.8) is 0 Å². The second kappa shape index (κ2) is 14.4. The number of nitrogens with one attached hydrogen (secondary N) is 1. The van der Waals surface area contributed by atoms with Crippen molar-refractivity contribution in [3.05, 3.63) is 93.3 Å². The van der Waals surface area contributed by atoms with Crippen molar-refractivity contribution in [2.24, 2.45) is 5.92 Å². The number of fused-ring (bicyclic) bond motifs is 2. The molecule has 1 aromatic heterocycles. The van der Waals surface area contributed by atoms with E-state index in [0.29, 0.717) is 64.4 Å². The molecule has 2 heterocycles. The Kier molecular flexibility index (Phi) is 10.1. The highest BCUT2D eigenvalue weighted by Gasteiger charge is 2.24. The highest BCUT2D eigenvalue weighted by molar-refractivity contribution is 6.31. The minimum atomic E-state index is -0.406. The van der Waals surface area contributed by atoms with E-state index in [2.05, 4.69) is 19.2 Å². The molecule has 0 aliphatic carbocycles. The molecule has 1 N–H and O–H groups in total. The topological polar surface area (TPSA) is 111 Å². The van der Waals surface area contributed by atoms with Gasteiger partial charge in [0.1, 0.15) is 17.9 Å². The first kappa shape index (κ1) is 31.7. The Hall–Kier alpha value is -4.70. The molecule has 1 aliphatic heterocycles. The molecule has 0 saturated heterocycles. The third-order valence-electron chi connectivity index (χ3n) is 7.34. The summed E-state index contributed by atoms with van der Waals surface area (Å²) in [7, 11) is 0. The van der Waals surface area contributed by atoms with Gasteiger partial charge in [0.05, 0.1) is 30.4 Å². The normalized spacial score (nSPS) is 11.9. The molecule has 45 heavy (non-hydrogen) atoms.